The van der Waals surface area contributed by atoms with Crippen molar-refractivity contribution in [2.75, 3.05) is 32.1 Å². The molecule has 0 aliphatic carbocycles. The van der Waals surface area contributed by atoms with E-state index in [1.165, 1.54) is 0 Å². The van der Waals surface area contributed by atoms with E-state index < -0.39 is 0 Å². The van der Waals surface area contributed by atoms with E-state index in [1.54, 1.807) is 13.3 Å². The maximum absolute atomic E-state index is 12.5. The molecule has 0 aromatic carbocycles. The van der Waals surface area contributed by atoms with Crippen LogP contribution in [-0.2, 0) is 4.74 Å². The van der Waals surface area contributed by atoms with Crippen LogP contribution in [0.1, 0.15) is 37.2 Å². The molecule has 1 unspecified atom stereocenters. The summed E-state index contributed by atoms with van der Waals surface area (Å²) in [5.41, 5.74) is 1.17. The maximum atomic E-state index is 12.5. The Bertz CT molecular complexity index is 478. The van der Waals surface area contributed by atoms with Crippen molar-refractivity contribution in [2.45, 2.75) is 32.3 Å². The summed E-state index contributed by atoms with van der Waals surface area (Å²) in [5, 5.41) is 3.20. The standard InChI is InChI=1S/C15H23N3O2/c1-4-16-12-6-8-17-13(10-12)14(19)18-9-5-7-15(2,11-18)20-3/h6,8,10H,4-5,7,9,11H2,1-3H3,(H,16,17). The van der Waals surface area contributed by atoms with Crippen molar-refractivity contribution in [1.29, 1.82) is 0 Å². The van der Waals surface area contributed by atoms with Gasteiger partial charge in [0.15, 0.2) is 0 Å². The first-order chi connectivity index (χ1) is 9.58. The van der Waals surface area contributed by atoms with E-state index in [1.807, 2.05) is 24.0 Å². The summed E-state index contributed by atoms with van der Waals surface area (Å²) in [6, 6.07) is 3.68. The molecule has 5 nitrogen and oxygen atoms in total. The maximum Gasteiger partial charge on any atom is 0.272 e. The Hall–Kier alpha value is -1.62. The predicted molar refractivity (Wildman–Crippen MR) is 79.0 cm³/mol. The first-order valence-electron chi connectivity index (χ1n) is 7.12. The van der Waals surface area contributed by atoms with Crippen LogP contribution in [0.4, 0.5) is 5.69 Å². The lowest BCUT2D eigenvalue weighted by molar-refractivity contribution is -0.0441. The number of aromatic nitrogens is 1. The molecule has 1 aromatic heterocycles. The van der Waals surface area contributed by atoms with Crippen molar-refractivity contribution in [3.8, 4) is 0 Å². The number of ether oxygens (including phenoxy) is 1. The minimum absolute atomic E-state index is 0.0206. The predicted octanol–water partition coefficient (Wildman–Crippen LogP) is 2.15. The molecule has 1 fully saturated rings. The Morgan fingerprint density at radius 2 is 2.40 bits per heavy atom. The average molecular weight is 277 g/mol. The van der Waals surface area contributed by atoms with Crippen molar-refractivity contribution in [3.63, 3.8) is 0 Å². The number of likely N-dealkylation sites (tertiary alicyclic amines) is 1. The summed E-state index contributed by atoms with van der Waals surface area (Å²) in [7, 11) is 1.71. The van der Waals surface area contributed by atoms with Crippen LogP contribution in [0.2, 0.25) is 0 Å². The van der Waals surface area contributed by atoms with Crippen LogP contribution in [0.5, 0.6) is 0 Å². The number of amides is 1. The lowest BCUT2D eigenvalue weighted by atomic mass is 9.94. The molecule has 0 radical (unpaired) electrons. The first kappa shape index (κ1) is 14.8. The van der Waals surface area contributed by atoms with Gasteiger partial charge in [0.05, 0.1) is 5.60 Å². The monoisotopic (exact) mass is 277 g/mol. The molecule has 1 saturated heterocycles. The van der Waals surface area contributed by atoms with Gasteiger partial charge in [0.25, 0.3) is 5.91 Å². The molecule has 1 aliphatic rings. The van der Waals surface area contributed by atoms with E-state index >= 15 is 0 Å². The third-order valence-corrected chi connectivity index (χ3v) is 3.80. The molecular weight excluding hydrogens is 254 g/mol. The molecule has 1 atom stereocenters. The molecular formula is C15H23N3O2. The molecule has 1 aliphatic heterocycles. The molecule has 1 N–H and O–H groups in total. The van der Waals surface area contributed by atoms with E-state index in [4.69, 9.17) is 4.74 Å². The van der Waals surface area contributed by atoms with Crippen molar-refractivity contribution in [1.82, 2.24) is 9.88 Å². The summed E-state index contributed by atoms with van der Waals surface area (Å²) < 4.78 is 5.53. The lowest BCUT2D eigenvalue weighted by Crippen LogP contribution is -2.49. The number of nitrogens with zero attached hydrogens (tertiary/aromatic N) is 2. The number of hydrogen-bond donors (Lipinski definition) is 1. The normalized spacial score (nSPS) is 22.6. The van der Waals surface area contributed by atoms with E-state index in [0.717, 1.165) is 31.6 Å². The van der Waals surface area contributed by atoms with Gasteiger partial charge in [-0.25, -0.2) is 0 Å². The zero-order valence-electron chi connectivity index (χ0n) is 12.5. The second kappa shape index (κ2) is 6.22. The van der Waals surface area contributed by atoms with E-state index in [0.29, 0.717) is 12.2 Å². The van der Waals surface area contributed by atoms with Crippen molar-refractivity contribution < 1.29 is 9.53 Å². The van der Waals surface area contributed by atoms with Gasteiger partial charge in [-0.05, 0) is 38.8 Å². The van der Waals surface area contributed by atoms with Gasteiger partial charge in [0.1, 0.15) is 5.69 Å². The molecule has 2 rings (SSSR count). The highest BCUT2D eigenvalue weighted by atomic mass is 16.5. The Kier molecular flexibility index (Phi) is 4.60. The third-order valence-electron chi connectivity index (χ3n) is 3.80. The van der Waals surface area contributed by atoms with Crippen molar-refractivity contribution in [3.05, 3.63) is 24.0 Å². The Morgan fingerprint density at radius 1 is 1.60 bits per heavy atom. The van der Waals surface area contributed by atoms with Gasteiger partial charge in [-0.15, -0.1) is 0 Å². The third kappa shape index (κ3) is 3.28. The van der Waals surface area contributed by atoms with E-state index in [2.05, 4.69) is 17.2 Å². The number of piperidine rings is 1. The smallest absolute Gasteiger partial charge is 0.272 e. The van der Waals surface area contributed by atoms with E-state index in [-0.39, 0.29) is 11.5 Å². The number of carbonyl (C=O) groups excluding carboxylic acids is 1. The second-order valence-electron chi connectivity index (χ2n) is 5.44. The lowest BCUT2D eigenvalue weighted by Gasteiger charge is -2.39. The molecule has 0 spiro atoms. The van der Waals surface area contributed by atoms with Gasteiger partial charge in [-0.3, -0.25) is 9.78 Å². The van der Waals surface area contributed by atoms with Crippen LogP contribution in [0, 0.1) is 0 Å². The fourth-order valence-electron chi connectivity index (χ4n) is 2.57. The largest absolute Gasteiger partial charge is 0.385 e. The fraction of sp³-hybridized carbons (Fsp3) is 0.600. The SMILES string of the molecule is CCNc1ccnc(C(=O)N2CCCC(C)(OC)C2)c1. The second-order valence-corrected chi connectivity index (χ2v) is 5.44. The Morgan fingerprint density at radius 3 is 3.10 bits per heavy atom. The topological polar surface area (TPSA) is 54.5 Å². The average Bonchev–Trinajstić information content (AvgIpc) is 2.47. The van der Waals surface area contributed by atoms with Crippen LogP contribution < -0.4 is 5.32 Å². The zero-order valence-corrected chi connectivity index (χ0v) is 12.5. The van der Waals surface area contributed by atoms with Gasteiger partial charge in [-0.1, -0.05) is 0 Å². The van der Waals surface area contributed by atoms with Crippen molar-refractivity contribution >= 4 is 11.6 Å². The Labute approximate surface area is 120 Å². The molecule has 0 bridgehead atoms. The molecule has 110 valence electrons. The van der Waals surface area contributed by atoms with Crippen LogP contribution in [0.3, 0.4) is 0 Å². The van der Waals surface area contributed by atoms with Crippen LogP contribution in [-0.4, -0.2) is 48.1 Å². The molecule has 1 amide bonds. The number of rotatable bonds is 4. The molecule has 1 aromatic rings. The van der Waals surface area contributed by atoms with Gasteiger partial charge in [-0.2, -0.15) is 0 Å². The van der Waals surface area contributed by atoms with E-state index in [9.17, 15) is 4.79 Å². The fourth-order valence-corrected chi connectivity index (χ4v) is 2.57. The Balaban J connectivity index is 2.12. The van der Waals surface area contributed by atoms with Gasteiger partial charge in [0, 0.05) is 38.6 Å². The highest BCUT2D eigenvalue weighted by Gasteiger charge is 2.33. The molecule has 20 heavy (non-hydrogen) atoms. The number of nitrogens with one attached hydrogen (secondary N) is 1. The number of pyridine rings is 1. The summed E-state index contributed by atoms with van der Waals surface area (Å²) in [4.78, 5) is 18.6. The molecule has 0 saturated carbocycles. The quantitative estimate of drug-likeness (QED) is 0.916. The minimum atomic E-state index is -0.243. The highest BCUT2D eigenvalue weighted by Crippen LogP contribution is 2.25. The number of anilines is 1. The number of carbonyl (C=O) groups is 1. The zero-order chi connectivity index (χ0) is 14.6. The summed E-state index contributed by atoms with van der Waals surface area (Å²) in [6.45, 7) is 6.29. The van der Waals surface area contributed by atoms with Gasteiger partial charge in [0.2, 0.25) is 0 Å². The minimum Gasteiger partial charge on any atom is -0.385 e. The highest BCUT2D eigenvalue weighted by molar-refractivity contribution is 5.93. The van der Waals surface area contributed by atoms with Gasteiger partial charge < -0.3 is 15.0 Å². The van der Waals surface area contributed by atoms with Crippen LogP contribution >= 0.6 is 0 Å². The first-order valence-corrected chi connectivity index (χ1v) is 7.12. The van der Waals surface area contributed by atoms with Crippen LogP contribution in [0.25, 0.3) is 0 Å². The summed E-state index contributed by atoms with van der Waals surface area (Å²) in [5.74, 6) is -0.0206. The number of methoxy groups -OCH3 is 1. The van der Waals surface area contributed by atoms with Crippen molar-refractivity contribution in [2.24, 2.45) is 0 Å². The van der Waals surface area contributed by atoms with Crippen LogP contribution in [0.15, 0.2) is 18.3 Å². The number of hydrogen-bond acceptors (Lipinski definition) is 4. The molecule has 2 heterocycles. The van der Waals surface area contributed by atoms with Gasteiger partial charge >= 0.3 is 0 Å². The summed E-state index contributed by atoms with van der Waals surface area (Å²) in [6.07, 6.45) is 3.62. The summed E-state index contributed by atoms with van der Waals surface area (Å²) >= 11 is 0. The molecule has 5 heteroatoms.